The number of hydrogen-bond acceptors (Lipinski definition) is 4. The van der Waals surface area contributed by atoms with E-state index in [9.17, 15) is 18.4 Å². The van der Waals surface area contributed by atoms with Gasteiger partial charge in [0.15, 0.2) is 6.61 Å². The molecule has 144 valence electrons. The second-order valence-corrected chi connectivity index (χ2v) is 7.12. The summed E-state index contributed by atoms with van der Waals surface area (Å²) in [4.78, 5) is 24.5. The minimum atomic E-state index is -2.64. The lowest BCUT2D eigenvalue weighted by Gasteiger charge is -2.13. The standard InChI is InChI=1S/C17H17BrF2N4O3/c1-8-4-9(18)5-11(16(21)25)15(8)22-17(26)12-6-14(27-7-13(19)20)23-24(12)10-2-3-10/h4-6,10,13H,2-3,7H2,1H3,(H2,21,25)(H,22,26). The van der Waals surface area contributed by atoms with Gasteiger partial charge in [-0.3, -0.25) is 14.3 Å². The Hall–Kier alpha value is -2.49. The van der Waals surface area contributed by atoms with Crippen molar-refractivity contribution in [3.8, 4) is 5.88 Å². The molecule has 1 aliphatic rings. The molecule has 0 spiro atoms. The zero-order chi connectivity index (χ0) is 19.7. The van der Waals surface area contributed by atoms with E-state index in [1.54, 1.807) is 13.0 Å². The first kappa shape index (κ1) is 19.3. The van der Waals surface area contributed by atoms with Crippen LogP contribution in [0.5, 0.6) is 5.88 Å². The van der Waals surface area contributed by atoms with Crippen molar-refractivity contribution in [2.24, 2.45) is 5.73 Å². The molecule has 3 rings (SSSR count). The van der Waals surface area contributed by atoms with E-state index in [4.69, 9.17) is 10.5 Å². The Morgan fingerprint density at radius 1 is 1.41 bits per heavy atom. The molecule has 1 heterocycles. The lowest BCUT2D eigenvalue weighted by Crippen LogP contribution is -2.21. The van der Waals surface area contributed by atoms with Gasteiger partial charge in [0.2, 0.25) is 5.88 Å². The Bertz CT molecular complexity index is 897. The van der Waals surface area contributed by atoms with E-state index < -0.39 is 24.8 Å². The molecule has 0 atom stereocenters. The Kier molecular flexibility index (Phi) is 5.45. The minimum absolute atomic E-state index is 0.0243. The summed E-state index contributed by atoms with van der Waals surface area (Å²) in [6.07, 6.45) is -0.975. The Morgan fingerprint density at radius 3 is 2.70 bits per heavy atom. The monoisotopic (exact) mass is 442 g/mol. The molecule has 1 saturated carbocycles. The van der Waals surface area contributed by atoms with Crippen LogP contribution in [0.4, 0.5) is 14.5 Å². The van der Waals surface area contributed by atoms with Crippen molar-refractivity contribution >= 4 is 33.4 Å². The topological polar surface area (TPSA) is 99.2 Å². The van der Waals surface area contributed by atoms with Gasteiger partial charge in [0.25, 0.3) is 18.2 Å². The second kappa shape index (κ2) is 7.63. The summed E-state index contributed by atoms with van der Waals surface area (Å²) in [5.41, 5.74) is 6.65. The molecule has 1 aromatic heterocycles. The summed E-state index contributed by atoms with van der Waals surface area (Å²) < 4.78 is 31.8. The molecule has 27 heavy (non-hydrogen) atoms. The lowest BCUT2D eigenvalue weighted by atomic mass is 10.1. The highest BCUT2D eigenvalue weighted by Crippen LogP contribution is 2.37. The average Bonchev–Trinajstić information content (AvgIpc) is 3.34. The minimum Gasteiger partial charge on any atom is -0.471 e. The average molecular weight is 443 g/mol. The van der Waals surface area contributed by atoms with Crippen molar-refractivity contribution in [2.75, 3.05) is 11.9 Å². The van der Waals surface area contributed by atoms with Crippen molar-refractivity contribution in [3.63, 3.8) is 0 Å². The van der Waals surface area contributed by atoms with Crippen molar-refractivity contribution in [2.45, 2.75) is 32.2 Å². The number of anilines is 1. The largest absolute Gasteiger partial charge is 0.471 e. The summed E-state index contributed by atoms with van der Waals surface area (Å²) in [5.74, 6) is -1.27. The summed E-state index contributed by atoms with van der Waals surface area (Å²) in [6, 6.07) is 4.59. The highest BCUT2D eigenvalue weighted by atomic mass is 79.9. The molecular weight excluding hydrogens is 426 g/mol. The fourth-order valence-corrected chi connectivity index (χ4v) is 3.21. The van der Waals surface area contributed by atoms with Crippen LogP contribution in [0, 0.1) is 6.92 Å². The van der Waals surface area contributed by atoms with E-state index in [0.29, 0.717) is 10.0 Å². The van der Waals surface area contributed by atoms with Gasteiger partial charge < -0.3 is 15.8 Å². The van der Waals surface area contributed by atoms with E-state index in [2.05, 4.69) is 26.3 Å². The van der Waals surface area contributed by atoms with Crippen LogP contribution in [0.3, 0.4) is 0 Å². The molecule has 0 bridgehead atoms. The molecule has 10 heteroatoms. The van der Waals surface area contributed by atoms with Crippen molar-refractivity contribution in [1.82, 2.24) is 9.78 Å². The molecule has 2 amide bonds. The second-order valence-electron chi connectivity index (χ2n) is 6.21. The molecule has 1 aromatic carbocycles. The SMILES string of the molecule is Cc1cc(Br)cc(C(N)=O)c1NC(=O)c1cc(OCC(F)F)nn1C1CC1. The number of carbonyl (C=O) groups is 2. The van der Waals surface area contributed by atoms with Crippen LogP contribution in [0.1, 0.15) is 45.3 Å². The number of nitrogens with zero attached hydrogens (tertiary/aromatic N) is 2. The van der Waals surface area contributed by atoms with Gasteiger partial charge in [0.1, 0.15) is 5.69 Å². The van der Waals surface area contributed by atoms with Crippen LogP contribution < -0.4 is 15.8 Å². The van der Waals surface area contributed by atoms with E-state index in [1.165, 1.54) is 16.8 Å². The number of benzene rings is 1. The zero-order valence-electron chi connectivity index (χ0n) is 14.3. The predicted octanol–water partition coefficient (Wildman–Crippen LogP) is 3.28. The van der Waals surface area contributed by atoms with Gasteiger partial charge in [-0.25, -0.2) is 8.78 Å². The van der Waals surface area contributed by atoms with Crippen molar-refractivity contribution in [3.05, 3.63) is 39.5 Å². The first-order valence-corrected chi connectivity index (χ1v) is 8.97. The third-order valence-electron chi connectivity index (χ3n) is 4.00. The van der Waals surface area contributed by atoms with Gasteiger partial charge in [-0.2, -0.15) is 0 Å². The molecule has 3 N–H and O–H groups in total. The fourth-order valence-electron chi connectivity index (χ4n) is 2.64. The predicted molar refractivity (Wildman–Crippen MR) is 97.3 cm³/mol. The van der Waals surface area contributed by atoms with Gasteiger partial charge in [0.05, 0.1) is 17.3 Å². The number of hydrogen-bond donors (Lipinski definition) is 2. The van der Waals surface area contributed by atoms with Crippen LogP contribution in [0.2, 0.25) is 0 Å². The first-order chi connectivity index (χ1) is 12.8. The summed E-state index contributed by atoms with van der Waals surface area (Å²) >= 11 is 3.29. The molecular formula is C17H17BrF2N4O3. The molecule has 2 aromatic rings. The Labute approximate surface area is 162 Å². The smallest absolute Gasteiger partial charge is 0.274 e. The number of ether oxygens (including phenoxy) is 1. The number of aromatic nitrogens is 2. The molecule has 1 aliphatic carbocycles. The van der Waals surface area contributed by atoms with E-state index in [-0.39, 0.29) is 28.9 Å². The number of amides is 2. The molecule has 1 fully saturated rings. The van der Waals surface area contributed by atoms with Crippen LogP contribution in [-0.4, -0.2) is 34.6 Å². The van der Waals surface area contributed by atoms with Crippen LogP contribution in [-0.2, 0) is 0 Å². The quantitative estimate of drug-likeness (QED) is 0.686. The Morgan fingerprint density at radius 2 is 2.11 bits per heavy atom. The highest BCUT2D eigenvalue weighted by molar-refractivity contribution is 9.10. The first-order valence-electron chi connectivity index (χ1n) is 8.18. The lowest BCUT2D eigenvalue weighted by molar-refractivity contribution is 0.0792. The van der Waals surface area contributed by atoms with Crippen LogP contribution in [0.25, 0.3) is 0 Å². The number of carbonyl (C=O) groups excluding carboxylic acids is 2. The number of aryl methyl sites for hydroxylation is 1. The van der Waals surface area contributed by atoms with E-state index in [0.717, 1.165) is 12.8 Å². The summed E-state index contributed by atoms with van der Waals surface area (Å²) in [5, 5.41) is 6.78. The molecule has 0 aliphatic heterocycles. The molecule has 0 radical (unpaired) electrons. The fraction of sp³-hybridized carbons (Fsp3) is 0.353. The van der Waals surface area contributed by atoms with Crippen LogP contribution >= 0.6 is 15.9 Å². The van der Waals surface area contributed by atoms with Gasteiger partial charge in [-0.1, -0.05) is 15.9 Å². The third-order valence-corrected chi connectivity index (χ3v) is 4.46. The highest BCUT2D eigenvalue weighted by Gasteiger charge is 2.30. The number of halogens is 3. The van der Waals surface area contributed by atoms with Crippen molar-refractivity contribution in [1.29, 1.82) is 0 Å². The normalized spacial score (nSPS) is 13.7. The number of nitrogens with two attached hydrogens (primary N) is 1. The van der Waals surface area contributed by atoms with Crippen LogP contribution in [0.15, 0.2) is 22.7 Å². The number of primary amides is 1. The van der Waals surface area contributed by atoms with Crippen molar-refractivity contribution < 1.29 is 23.1 Å². The maximum Gasteiger partial charge on any atom is 0.274 e. The van der Waals surface area contributed by atoms with E-state index >= 15 is 0 Å². The zero-order valence-corrected chi connectivity index (χ0v) is 15.9. The van der Waals surface area contributed by atoms with Gasteiger partial charge in [-0.15, -0.1) is 5.10 Å². The third kappa shape index (κ3) is 4.44. The molecule has 0 unspecified atom stereocenters. The summed E-state index contributed by atoms with van der Waals surface area (Å²) in [7, 11) is 0. The maximum absolute atomic E-state index is 12.8. The molecule has 7 nitrogen and oxygen atoms in total. The maximum atomic E-state index is 12.8. The Balaban J connectivity index is 1.89. The summed E-state index contributed by atoms with van der Waals surface area (Å²) in [6.45, 7) is 0.919. The number of nitrogens with one attached hydrogen (secondary N) is 1. The number of rotatable bonds is 7. The van der Waals surface area contributed by atoms with Gasteiger partial charge >= 0.3 is 0 Å². The van der Waals surface area contributed by atoms with Gasteiger partial charge in [-0.05, 0) is 37.5 Å². The molecule has 0 saturated heterocycles. The van der Waals surface area contributed by atoms with E-state index in [1.807, 2.05) is 0 Å². The van der Waals surface area contributed by atoms with Gasteiger partial charge in [0, 0.05) is 10.5 Å². The number of alkyl halides is 2.